The van der Waals surface area contributed by atoms with Crippen molar-refractivity contribution in [2.45, 2.75) is 13.0 Å². The molecular formula is C14H13ClN2O2. The van der Waals surface area contributed by atoms with Gasteiger partial charge in [0.1, 0.15) is 0 Å². The van der Waals surface area contributed by atoms with E-state index in [0.29, 0.717) is 16.3 Å². The van der Waals surface area contributed by atoms with Crippen molar-refractivity contribution in [1.82, 2.24) is 4.98 Å². The number of anilines is 1. The van der Waals surface area contributed by atoms with Gasteiger partial charge in [-0.1, -0.05) is 23.7 Å². The first-order valence-corrected chi connectivity index (χ1v) is 6.11. The van der Waals surface area contributed by atoms with Crippen LogP contribution in [0.4, 0.5) is 5.69 Å². The number of halogens is 1. The molecule has 0 aliphatic carbocycles. The number of carboxylic acids is 1. The lowest BCUT2D eigenvalue weighted by Gasteiger charge is -2.16. The minimum Gasteiger partial charge on any atom is -0.479 e. The molecule has 2 rings (SSSR count). The van der Waals surface area contributed by atoms with E-state index in [0.717, 1.165) is 5.69 Å². The van der Waals surface area contributed by atoms with Gasteiger partial charge in [0, 0.05) is 28.2 Å². The lowest BCUT2D eigenvalue weighted by atomic mass is 10.1. The molecule has 0 amide bonds. The Kier molecular flexibility index (Phi) is 4.02. The van der Waals surface area contributed by atoms with Gasteiger partial charge in [-0.2, -0.15) is 0 Å². The van der Waals surface area contributed by atoms with Gasteiger partial charge in [-0.25, -0.2) is 4.79 Å². The summed E-state index contributed by atoms with van der Waals surface area (Å²) < 4.78 is 0. The van der Waals surface area contributed by atoms with E-state index in [9.17, 15) is 9.90 Å². The Balaban J connectivity index is 2.26. The second-order valence-corrected chi connectivity index (χ2v) is 4.60. The van der Waals surface area contributed by atoms with Crippen molar-refractivity contribution in [2.75, 3.05) is 5.32 Å². The second-order valence-electron chi connectivity index (χ2n) is 4.16. The maximum atomic E-state index is 11.4. The highest BCUT2D eigenvalue weighted by molar-refractivity contribution is 6.30. The molecule has 1 atom stereocenters. The molecule has 4 nitrogen and oxygen atoms in total. The van der Waals surface area contributed by atoms with E-state index >= 15 is 0 Å². The summed E-state index contributed by atoms with van der Waals surface area (Å²) in [6.07, 6.45) is 1.56. The molecule has 1 unspecified atom stereocenters. The molecule has 0 saturated heterocycles. The summed E-state index contributed by atoms with van der Waals surface area (Å²) >= 11 is 5.87. The van der Waals surface area contributed by atoms with Gasteiger partial charge in [0.15, 0.2) is 6.04 Å². The topological polar surface area (TPSA) is 62.2 Å². The van der Waals surface area contributed by atoms with Crippen LogP contribution in [-0.4, -0.2) is 16.1 Å². The van der Waals surface area contributed by atoms with Gasteiger partial charge in [0.25, 0.3) is 0 Å². The van der Waals surface area contributed by atoms with Gasteiger partial charge in [-0.05, 0) is 31.2 Å². The van der Waals surface area contributed by atoms with Crippen molar-refractivity contribution in [3.63, 3.8) is 0 Å². The minimum absolute atomic E-state index is 0.552. The van der Waals surface area contributed by atoms with Gasteiger partial charge in [-0.15, -0.1) is 0 Å². The molecule has 0 aliphatic rings. The standard InChI is InChI=1S/C14H13ClN2O2/c1-9-5-6-10(8-16-9)13(14(18)19)17-12-4-2-3-11(15)7-12/h2-8,13,17H,1H3,(H,18,19). The number of carbonyl (C=O) groups is 1. The first-order chi connectivity index (χ1) is 9.06. The maximum Gasteiger partial charge on any atom is 0.330 e. The van der Waals surface area contributed by atoms with Crippen LogP contribution in [-0.2, 0) is 4.79 Å². The number of nitrogens with zero attached hydrogens (tertiary/aromatic N) is 1. The number of aromatic nitrogens is 1. The van der Waals surface area contributed by atoms with E-state index < -0.39 is 12.0 Å². The Hall–Kier alpha value is -2.07. The Morgan fingerprint density at radius 1 is 1.37 bits per heavy atom. The fourth-order valence-corrected chi connectivity index (χ4v) is 1.87. The van der Waals surface area contributed by atoms with E-state index in [4.69, 9.17) is 11.6 Å². The number of benzene rings is 1. The molecule has 5 heteroatoms. The number of rotatable bonds is 4. The van der Waals surface area contributed by atoms with Crippen molar-refractivity contribution in [2.24, 2.45) is 0 Å². The lowest BCUT2D eigenvalue weighted by molar-refractivity contribution is -0.138. The summed E-state index contributed by atoms with van der Waals surface area (Å²) in [4.78, 5) is 15.5. The van der Waals surface area contributed by atoms with E-state index in [-0.39, 0.29) is 0 Å². The predicted molar refractivity (Wildman–Crippen MR) is 74.4 cm³/mol. The summed E-state index contributed by atoms with van der Waals surface area (Å²) in [6, 6.07) is 9.62. The number of aryl methyl sites for hydroxylation is 1. The molecule has 0 fully saturated rings. The van der Waals surface area contributed by atoms with Crippen LogP contribution in [0.3, 0.4) is 0 Å². The molecule has 1 heterocycles. The molecule has 2 N–H and O–H groups in total. The third kappa shape index (κ3) is 3.45. The summed E-state index contributed by atoms with van der Waals surface area (Å²) in [5, 5.41) is 12.8. The molecule has 0 bridgehead atoms. The van der Waals surface area contributed by atoms with E-state index in [1.165, 1.54) is 0 Å². The zero-order chi connectivity index (χ0) is 13.8. The van der Waals surface area contributed by atoms with Crippen LogP contribution < -0.4 is 5.32 Å². The molecule has 98 valence electrons. The van der Waals surface area contributed by atoms with Crippen molar-refractivity contribution < 1.29 is 9.90 Å². The molecule has 0 saturated carbocycles. The Morgan fingerprint density at radius 2 is 2.16 bits per heavy atom. The number of nitrogens with one attached hydrogen (secondary N) is 1. The SMILES string of the molecule is Cc1ccc(C(Nc2cccc(Cl)c2)C(=O)O)cn1. The number of hydrogen-bond acceptors (Lipinski definition) is 3. The summed E-state index contributed by atoms with van der Waals surface area (Å²) in [6.45, 7) is 1.85. The molecular weight excluding hydrogens is 264 g/mol. The van der Waals surface area contributed by atoms with Crippen LogP contribution in [0.2, 0.25) is 5.02 Å². The quantitative estimate of drug-likeness (QED) is 0.899. The fourth-order valence-electron chi connectivity index (χ4n) is 1.68. The smallest absolute Gasteiger partial charge is 0.330 e. The predicted octanol–water partition coefficient (Wildman–Crippen LogP) is 3.28. The Labute approximate surface area is 116 Å². The van der Waals surface area contributed by atoms with Crippen LogP contribution >= 0.6 is 11.6 Å². The Bertz CT molecular complexity index is 584. The van der Waals surface area contributed by atoms with Crippen LogP contribution in [0.15, 0.2) is 42.6 Å². The van der Waals surface area contributed by atoms with Gasteiger partial charge >= 0.3 is 5.97 Å². The van der Waals surface area contributed by atoms with Crippen molar-refractivity contribution >= 4 is 23.3 Å². The largest absolute Gasteiger partial charge is 0.479 e. The van der Waals surface area contributed by atoms with Crippen LogP contribution in [0.25, 0.3) is 0 Å². The van der Waals surface area contributed by atoms with E-state index in [1.807, 2.05) is 6.92 Å². The third-order valence-electron chi connectivity index (χ3n) is 2.65. The molecule has 1 aromatic heterocycles. The minimum atomic E-state index is -0.967. The van der Waals surface area contributed by atoms with Crippen molar-refractivity contribution in [1.29, 1.82) is 0 Å². The maximum absolute atomic E-state index is 11.4. The molecule has 1 aromatic carbocycles. The average Bonchev–Trinajstić information content (AvgIpc) is 2.37. The van der Waals surface area contributed by atoms with Gasteiger partial charge in [0.05, 0.1) is 0 Å². The Morgan fingerprint density at radius 3 is 2.74 bits per heavy atom. The summed E-state index contributed by atoms with van der Waals surface area (Å²) in [5.41, 5.74) is 2.09. The molecule has 0 spiro atoms. The van der Waals surface area contributed by atoms with Gasteiger partial charge in [0.2, 0.25) is 0 Å². The molecule has 0 radical (unpaired) electrons. The highest BCUT2D eigenvalue weighted by atomic mass is 35.5. The molecule has 19 heavy (non-hydrogen) atoms. The first kappa shape index (κ1) is 13.4. The van der Waals surface area contributed by atoms with E-state index in [1.54, 1.807) is 42.6 Å². The fraction of sp³-hybridized carbons (Fsp3) is 0.143. The lowest BCUT2D eigenvalue weighted by Crippen LogP contribution is -2.20. The van der Waals surface area contributed by atoms with Crippen LogP contribution in [0, 0.1) is 6.92 Å². The zero-order valence-corrected chi connectivity index (χ0v) is 11.1. The summed E-state index contributed by atoms with van der Waals surface area (Å²) in [5.74, 6) is -0.967. The molecule has 2 aromatic rings. The third-order valence-corrected chi connectivity index (χ3v) is 2.89. The number of hydrogen-bond donors (Lipinski definition) is 2. The monoisotopic (exact) mass is 276 g/mol. The zero-order valence-electron chi connectivity index (χ0n) is 10.3. The van der Waals surface area contributed by atoms with Crippen LogP contribution in [0.5, 0.6) is 0 Å². The average molecular weight is 277 g/mol. The highest BCUT2D eigenvalue weighted by Crippen LogP contribution is 2.22. The van der Waals surface area contributed by atoms with Crippen LogP contribution in [0.1, 0.15) is 17.3 Å². The van der Waals surface area contributed by atoms with Gasteiger partial charge in [-0.3, -0.25) is 4.98 Å². The number of aliphatic carboxylic acids is 1. The van der Waals surface area contributed by atoms with E-state index in [2.05, 4.69) is 10.3 Å². The number of pyridine rings is 1. The molecule has 0 aliphatic heterocycles. The normalized spacial score (nSPS) is 11.9. The van der Waals surface area contributed by atoms with Crippen molar-refractivity contribution in [3.05, 3.63) is 58.9 Å². The second kappa shape index (κ2) is 5.71. The first-order valence-electron chi connectivity index (χ1n) is 5.74. The highest BCUT2D eigenvalue weighted by Gasteiger charge is 2.19. The summed E-state index contributed by atoms with van der Waals surface area (Å²) in [7, 11) is 0. The van der Waals surface area contributed by atoms with Gasteiger partial charge < -0.3 is 10.4 Å². The van der Waals surface area contributed by atoms with Crippen molar-refractivity contribution in [3.8, 4) is 0 Å². The number of carboxylic acid groups (broad SMARTS) is 1.